The van der Waals surface area contributed by atoms with Gasteiger partial charge in [0.05, 0.1) is 6.61 Å². The monoisotopic (exact) mass is 562 g/mol. The van der Waals surface area contributed by atoms with Crippen molar-refractivity contribution in [1.29, 1.82) is 0 Å². The summed E-state index contributed by atoms with van der Waals surface area (Å²) in [7, 11) is 0. The third-order valence-corrected chi connectivity index (χ3v) is 6.06. The van der Waals surface area contributed by atoms with Gasteiger partial charge in [0.2, 0.25) is 0 Å². The normalized spacial score (nSPS) is 17.1. The standard InChI is InChI=1S/C20H30N2O2.2C4H4O4/c1-17(23)18-7-9-20(10-8-18)24-15-5-4-11-21-13-14-22-12-3-2-6-19(22)16-21;2*5-3(6)1-2-4(7)8/h7-10,19H,2-6,11-16H2,1H3;2*1-2H,(H,5,6)(H,7,8)/b;2*2-1+. The van der Waals surface area contributed by atoms with Crippen LogP contribution < -0.4 is 4.74 Å². The molecule has 0 aliphatic carbocycles. The summed E-state index contributed by atoms with van der Waals surface area (Å²) in [6.45, 7) is 8.58. The van der Waals surface area contributed by atoms with Crippen LogP contribution in [0.4, 0.5) is 0 Å². The van der Waals surface area contributed by atoms with E-state index < -0.39 is 23.9 Å². The average molecular weight is 563 g/mol. The van der Waals surface area contributed by atoms with Crippen molar-refractivity contribution in [3.63, 3.8) is 0 Å². The number of rotatable bonds is 11. The quantitative estimate of drug-likeness (QED) is 0.176. The van der Waals surface area contributed by atoms with Crippen LogP contribution in [0.5, 0.6) is 5.75 Å². The van der Waals surface area contributed by atoms with Crippen molar-refractivity contribution in [2.75, 3.05) is 39.3 Å². The minimum absolute atomic E-state index is 0.0969. The van der Waals surface area contributed by atoms with Gasteiger partial charge in [-0.15, -0.1) is 0 Å². The Kier molecular flexibility index (Phi) is 16.2. The summed E-state index contributed by atoms with van der Waals surface area (Å²) in [5.41, 5.74) is 0.740. The van der Waals surface area contributed by atoms with E-state index in [4.69, 9.17) is 25.2 Å². The molecule has 2 fully saturated rings. The summed E-state index contributed by atoms with van der Waals surface area (Å²) in [5.74, 6) is -4.07. The summed E-state index contributed by atoms with van der Waals surface area (Å²) in [4.78, 5) is 54.8. The molecule has 220 valence electrons. The van der Waals surface area contributed by atoms with E-state index in [1.54, 1.807) is 6.92 Å². The molecule has 1 aromatic rings. The zero-order chi connectivity index (χ0) is 29.9. The fraction of sp³-hybridized carbons (Fsp3) is 0.464. The Balaban J connectivity index is 0.000000412. The van der Waals surface area contributed by atoms with Gasteiger partial charge in [-0.25, -0.2) is 19.2 Å². The third-order valence-electron chi connectivity index (χ3n) is 6.06. The zero-order valence-electron chi connectivity index (χ0n) is 22.6. The number of carbonyl (C=O) groups is 5. The molecule has 0 amide bonds. The molecule has 1 aromatic carbocycles. The van der Waals surface area contributed by atoms with Crippen molar-refractivity contribution < 1.29 is 49.1 Å². The predicted octanol–water partition coefficient (Wildman–Crippen LogP) is 2.64. The molecule has 0 radical (unpaired) electrons. The average Bonchev–Trinajstić information content (AvgIpc) is 2.91. The molecule has 12 nitrogen and oxygen atoms in total. The molecule has 0 spiro atoms. The fourth-order valence-electron chi connectivity index (χ4n) is 4.12. The molecule has 2 aliphatic heterocycles. The molecule has 4 N–H and O–H groups in total. The van der Waals surface area contributed by atoms with Crippen molar-refractivity contribution >= 4 is 29.7 Å². The highest BCUT2D eigenvalue weighted by atomic mass is 16.5. The van der Waals surface area contributed by atoms with Gasteiger partial charge in [0.15, 0.2) is 5.78 Å². The van der Waals surface area contributed by atoms with E-state index in [0.717, 1.165) is 30.4 Å². The number of ketones is 1. The maximum Gasteiger partial charge on any atom is 0.328 e. The van der Waals surface area contributed by atoms with Crippen LogP contribution in [0.15, 0.2) is 48.6 Å². The van der Waals surface area contributed by atoms with Gasteiger partial charge in [-0.2, -0.15) is 0 Å². The van der Waals surface area contributed by atoms with Gasteiger partial charge in [0, 0.05) is 55.5 Å². The van der Waals surface area contributed by atoms with Crippen molar-refractivity contribution in [3.8, 4) is 5.75 Å². The van der Waals surface area contributed by atoms with E-state index in [0.29, 0.717) is 24.3 Å². The highest BCUT2D eigenvalue weighted by Gasteiger charge is 2.28. The number of carbonyl (C=O) groups excluding carboxylic acids is 1. The number of fused-ring (bicyclic) bond motifs is 1. The molecule has 2 saturated heterocycles. The number of piperidine rings is 1. The van der Waals surface area contributed by atoms with Gasteiger partial charge in [-0.05, 0) is 70.0 Å². The Morgan fingerprint density at radius 2 is 1.35 bits per heavy atom. The van der Waals surface area contributed by atoms with Crippen LogP contribution >= 0.6 is 0 Å². The number of Topliss-reactive ketones (excluding diaryl/α,β-unsaturated/α-hetero) is 1. The lowest BCUT2D eigenvalue weighted by molar-refractivity contribution is -0.134. The number of aliphatic carboxylic acids is 4. The van der Waals surface area contributed by atoms with Crippen LogP contribution in [-0.4, -0.2) is 105 Å². The highest BCUT2D eigenvalue weighted by molar-refractivity contribution is 5.94. The lowest BCUT2D eigenvalue weighted by atomic mass is 9.99. The highest BCUT2D eigenvalue weighted by Crippen LogP contribution is 2.21. The molecule has 1 atom stereocenters. The van der Waals surface area contributed by atoms with Crippen molar-refractivity contribution in [1.82, 2.24) is 9.80 Å². The number of unbranched alkanes of at least 4 members (excludes halogenated alkanes) is 1. The van der Waals surface area contributed by atoms with Crippen molar-refractivity contribution in [3.05, 3.63) is 54.1 Å². The Labute approximate surface area is 233 Å². The largest absolute Gasteiger partial charge is 0.494 e. The van der Waals surface area contributed by atoms with Gasteiger partial charge in [-0.1, -0.05) is 6.42 Å². The van der Waals surface area contributed by atoms with Crippen LogP contribution in [0.2, 0.25) is 0 Å². The molecule has 2 heterocycles. The number of hydrogen-bond acceptors (Lipinski definition) is 8. The minimum Gasteiger partial charge on any atom is -0.494 e. The molecule has 1 unspecified atom stereocenters. The molecule has 0 aromatic heterocycles. The summed E-state index contributed by atoms with van der Waals surface area (Å²) in [6.07, 6.45) is 8.69. The summed E-state index contributed by atoms with van der Waals surface area (Å²) in [6, 6.07) is 8.25. The number of carboxylic acids is 4. The second-order valence-electron chi connectivity index (χ2n) is 9.14. The van der Waals surface area contributed by atoms with Crippen molar-refractivity contribution in [2.24, 2.45) is 0 Å². The number of nitrogens with zero attached hydrogens (tertiary/aromatic N) is 2. The van der Waals surface area contributed by atoms with E-state index in [1.165, 1.54) is 58.4 Å². The van der Waals surface area contributed by atoms with Crippen LogP contribution in [0.1, 0.15) is 49.4 Å². The molecule has 0 bridgehead atoms. The van der Waals surface area contributed by atoms with Gasteiger partial charge in [-0.3, -0.25) is 9.69 Å². The first-order valence-corrected chi connectivity index (χ1v) is 13.0. The maximum absolute atomic E-state index is 11.2. The van der Waals surface area contributed by atoms with Crippen LogP contribution in [0.25, 0.3) is 0 Å². The van der Waals surface area contributed by atoms with Gasteiger partial charge >= 0.3 is 23.9 Å². The van der Waals surface area contributed by atoms with Crippen LogP contribution in [0, 0.1) is 0 Å². The third kappa shape index (κ3) is 16.0. The Morgan fingerprint density at radius 1 is 0.800 bits per heavy atom. The molecular formula is C28H38N2O10. The first-order chi connectivity index (χ1) is 19.0. The van der Waals surface area contributed by atoms with E-state index in [2.05, 4.69) is 9.80 Å². The number of ether oxygens (including phenoxy) is 1. The lowest BCUT2D eigenvalue weighted by Crippen LogP contribution is -2.54. The van der Waals surface area contributed by atoms with E-state index >= 15 is 0 Å². The topological polar surface area (TPSA) is 182 Å². The number of carboxylic acid groups (broad SMARTS) is 4. The fourth-order valence-corrected chi connectivity index (χ4v) is 4.12. The maximum atomic E-state index is 11.2. The predicted molar refractivity (Wildman–Crippen MR) is 146 cm³/mol. The van der Waals surface area contributed by atoms with Gasteiger partial charge in [0.25, 0.3) is 0 Å². The minimum atomic E-state index is -1.26. The summed E-state index contributed by atoms with van der Waals surface area (Å²) in [5, 5.41) is 31.2. The number of piperazine rings is 1. The van der Waals surface area contributed by atoms with Crippen LogP contribution in [0.3, 0.4) is 0 Å². The SMILES string of the molecule is CC(=O)c1ccc(OCCCCN2CCN3CCCCC3C2)cc1.O=C(O)/C=C/C(=O)O.O=C(O)/C=C/C(=O)O. The Bertz CT molecular complexity index is 970. The van der Waals surface area contributed by atoms with Crippen LogP contribution in [-0.2, 0) is 19.2 Å². The molecule has 40 heavy (non-hydrogen) atoms. The van der Waals surface area contributed by atoms with E-state index in [9.17, 15) is 24.0 Å². The van der Waals surface area contributed by atoms with Crippen molar-refractivity contribution in [2.45, 2.75) is 45.1 Å². The van der Waals surface area contributed by atoms with E-state index in [-0.39, 0.29) is 5.78 Å². The molecule has 3 rings (SSSR count). The summed E-state index contributed by atoms with van der Waals surface area (Å²) >= 11 is 0. The van der Waals surface area contributed by atoms with E-state index in [1.807, 2.05) is 24.3 Å². The second-order valence-corrected chi connectivity index (χ2v) is 9.14. The molecule has 2 aliphatic rings. The molecule has 0 saturated carbocycles. The Hall–Kier alpha value is -4.03. The molecular weight excluding hydrogens is 524 g/mol. The first-order valence-electron chi connectivity index (χ1n) is 13.0. The first kappa shape index (κ1) is 34.0. The number of hydrogen-bond donors (Lipinski definition) is 4. The molecule has 12 heteroatoms. The van der Waals surface area contributed by atoms with Gasteiger partial charge < -0.3 is 30.1 Å². The zero-order valence-corrected chi connectivity index (χ0v) is 22.6. The summed E-state index contributed by atoms with van der Waals surface area (Å²) < 4.78 is 5.78. The Morgan fingerprint density at radius 3 is 1.85 bits per heavy atom. The lowest BCUT2D eigenvalue weighted by Gasteiger charge is -2.44. The smallest absolute Gasteiger partial charge is 0.328 e. The number of benzene rings is 1. The second kappa shape index (κ2) is 19.1. The van der Waals surface area contributed by atoms with Gasteiger partial charge in [0.1, 0.15) is 5.75 Å².